The summed E-state index contributed by atoms with van der Waals surface area (Å²) < 4.78 is 0. The van der Waals surface area contributed by atoms with Gasteiger partial charge in [-0.25, -0.2) is 4.79 Å². The third-order valence-corrected chi connectivity index (χ3v) is 3.62. The zero-order valence-electron chi connectivity index (χ0n) is 9.44. The molecule has 1 aromatic heterocycles. The van der Waals surface area contributed by atoms with Gasteiger partial charge in [0.1, 0.15) is 5.00 Å². The van der Waals surface area contributed by atoms with Gasteiger partial charge in [0.25, 0.3) is 5.91 Å². The number of nitrogens with one attached hydrogen (secondary N) is 1. The third kappa shape index (κ3) is 2.76. The van der Waals surface area contributed by atoms with Gasteiger partial charge >= 0.3 is 6.03 Å². The maximum Gasteiger partial charge on any atom is 0.322 e. The van der Waals surface area contributed by atoms with Gasteiger partial charge in [-0.1, -0.05) is 0 Å². The second-order valence-electron chi connectivity index (χ2n) is 4.01. The van der Waals surface area contributed by atoms with E-state index in [1.54, 1.807) is 16.3 Å². The van der Waals surface area contributed by atoms with E-state index in [1.807, 2.05) is 0 Å². The van der Waals surface area contributed by atoms with Crippen molar-refractivity contribution >= 4 is 28.3 Å². The molecule has 0 unspecified atom stereocenters. The zero-order valence-corrected chi connectivity index (χ0v) is 10.3. The molecule has 92 valence electrons. The fourth-order valence-electron chi connectivity index (χ4n) is 1.87. The second-order valence-corrected chi connectivity index (χ2v) is 4.92. The minimum Gasteiger partial charge on any atom is -0.366 e. The Hall–Kier alpha value is -1.56. The number of primary amides is 1. The summed E-state index contributed by atoms with van der Waals surface area (Å²) in [5.41, 5.74) is 5.59. The summed E-state index contributed by atoms with van der Waals surface area (Å²) in [5, 5.41) is 5.02. The molecule has 5 nitrogen and oxygen atoms in total. The first kappa shape index (κ1) is 11.9. The SMILES string of the molecule is NC(=O)c1ccsc1NC(=O)N1CCCCC1. The Kier molecular flexibility index (Phi) is 3.63. The number of thiophene rings is 1. The minimum absolute atomic E-state index is 0.144. The van der Waals surface area contributed by atoms with Gasteiger partial charge < -0.3 is 10.6 Å². The number of hydrogen-bond acceptors (Lipinski definition) is 3. The van der Waals surface area contributed by atoms with Crippen molar-refractivity contribution in [1.82, 2.24) is 4.90 Å². The van der Waals surface area contributed by atoms with Crippen LogP contribution in [0, 0.1) is 0 Å². The van der Waals surface area contributed by atoms with E-state index < -0.39 is 5.91 Å². The van der Waals surface area contributed by atoms with Gasteiger partial charge in [-0.05, 0) is 30.7 Å². The van der Waals surface area contributed by atoms with Crippen molar-refractivity contribution in [3.63, 3.8) is 0 Å². The normalized spacial score (nSPS) is 15.6. The molecule has 2 rings (SSSR count). The highest BCUT2D eigenvalue weighted by Crippen LogP contribution is 2.23. The van der Waals surface area contributed by atoms with Crippen LogP contribution in [-0.4, -0.2) is 29.9 Å². The van der Waals surface area contributed by atoms with Crippen molar-refractivity contribution in [2.24, 2.45) is 5.73 Å². The molecule has 17 heavy (non-hydrogen) atoms. The van der Waals surface area contributed by atoms with E-state index in [1.165, 1.54) is 17.8 Å². The number of hydrogen-bond donors (Lipinski definition) is 2. The number of carbonyl (C=O) groups excluding carboxylic acids is 2. The lowest BCUT2D eigenvalue weighted by Gasteiger charge is -2.26. The van der Waals surface area contributed by atoms with Gasteiger partial charge in [0.2, 0.25) is 0 Å². The first-order chi connectivity index (χ1) is 8.18. The molecule has 0 aliphatic carbocycles. The Morgan fingerprint density at radius 1 is 1.29 bits per heavy atom. The van der Waals surface area contributed by atoms with Gasteiger partial charge in [-0.15, -0.1) is 11.3 Å². The third-order valence-electron chi connectivity index (χ3n) is 2.79. The smallest absolute Gasteiger partial charge is 0.322 e. The summed E-state index contributed by atoms with van der Waals surface area (Å²) in [6.45, 7) is 1.56. The number of nitrogens with two attached hydrogens (primary N) is 1. The second kappa shape index (κ2) is 5.18. The molecule has 1 aliphatic heterocycles. The lowest BCUT2D eigenvalue weighted by molar-refractivity contribution is 0.100. The highest BCUT2D eigenvalue weighted by Gasteiger charge is 2.19. The Labute approximate surface area is 104 Å². The van der Waals surface area contributed by atoms with Crippen LogP contribution in [0.3, 0.4) is 0 Å². The lowest BCUT2D eigenvalue weighted by Crippen LogP contribution is -2.38. The predicted octanol–water partition coefficient (Wildman–Crippen LogP) is 1.86. The van der Waals surface area contributed by atoms with Crippen molar-refractivity contribution in [3.8, 4) is 0 Å². The molecular formula is C11H15N3O2S. The van der Waals surface area contributed by atoms with E-state index in [-0.39, 0.29) is 6.03 Å². The van der Waals surface area contributed by atoms with Crippen LogP contribution in [0.2, 0.25) is 0 Å². The molecule has 0 saturated carbocycles. The number of anilines is 1. The highest BCUT2D eigenvalue weighted by atomic mass is 32.1. The summed E-state index contributed by atoms with van der Waals surface area (Å²) in [6.07, 6.45) is 3.26. The van der Waals surface area contributed by atoms with E-state index in [0.29, 0.717) is 10.6 Å². The molecule has 0 bridgehead atoms. The average molecular weight is 253 g/mol. The number of urea groups is 1. The molecule has 0 aromatic carbocycles. The number of rotatable bonds is 2. The zero-order chi connectivity index (χ0) is 12.3. The van der Waals surface area contributed by atoms with Gasteiger partial charge in [0.15, 0.2) is 0 Å². The molecule has 0 radical (unpaired) electrons. The number of likely N-dealkylation sites (tertiary alicyclic amines) is 1. The molecule has 3 N–H and O–H groups in total. The molecule has 2 heterocycles. The highest BCUT2D eigenvalue weighted by molar-refractivity contribution is 7.14. The van der Waals surface area contributed by atoms with E-state index in [0.717, 1.165) is 25.9 Å². The summed E-state index contributed by atoms with van der Waals surface area (Å²) in [5.74, 6) is -0.514. The van der Waals surface area contributed by atoms with Crippen molar-refractivity contribution in [2.75, 3.05) is 18.4 Å². The molecule has 6 heteroatoms. The number of nitrogens with zero attached hydrogens (tertiary/aromatic N) is 1. The van der Waals surface area contributed by atoms with Crippen molar-refractivity contribution in [1.29, 1.82) is 0 Å². The Morgan fingerprint density at radius 3 is 2.65 bits per heavy atom. The Morgan fingerprint density at radius 2 is 2.00 bits per heavy atom. The summed E-state index contributed by atoms with van der Waals surface area (Å²) in [6, 6.07) is 1.48. The van der Waals surface area contributed by atoms with Crippen LogP contribution in [-0.2, 0) is 0 Å². The minimum atomic E-state index is -0.514. The molecule has 1 aromatic rings. The maximum absolute atomic E-state index is 11.9. The maximum atomic E-state index is 11.9. The monoisotopic (exact) mass is 253 g/mol. The van der Waals surface area contributed by atoms with Gasteiger partial charge in [0, 0.05) is 13.1 Å². The fourth-order valence-corrected chi connectivity index (χ4v) is 2.66. The van der Waals surface area contributed by atoms with Crippen molar-refractivity contribution in [2.45, 2.75) is 19.3 Å². The average Bonchev–Trinajstić information content (AvgIpc) is 2.78. The van der Waals surface area contributed by atoms with Crippen LogP contribution in [0.4, 0.5) is 9.80 Å². The van der Waals surface area contributed by atoms with Crippen molar-refractivity contribution < 1.29 is 9.59 Å². The molecule has 1 saturated heterocycles. The largest absolute Gasteiger partial charge is 0.366 e. The standard InChI is InChI=1S/C11H15N3O2S/c12-9(15)8-4-7-17-10(8)13-11(16)14-5-2-1-3-6-14/h4,7H,1-3,5-6H2,(H2,12,15)(H,13,16). The summed E-state index contributed by atoms with van der Waals surface area (Å²) in [4.78, 5) is 24.8. The van der Waals surface area contributed by atoms with E-state index in [2.05, 4.69) is 5.32 Å². The molecular weight excluding hydrogens is 238 g/mol. The van der Waals surface area contributed by atoms with Crippen molar-refractivity contribution in [3.05, 3.63) is 17.0 Å². The van der Waals surface area contributed by atoms with Crippen LogP contribution in [0.15, 0.2) is 11.4 Å². The Bertz CT molecular complexity index is 424. The molecule has 1 aliphatic rings. The fraction of sp³-hybridized carbons (Fsp3) is 0.455. The number of amides is 3. The lowest BCUT2D eigenvalue weighted by atomic mass is 10.1. The molecule has 1 fully saturated rings. The molecule has 3 amide bonds. The van der Waals surface area contributed by atoms with Gasteiger partial charge in [-0.2, -0.15) is 0 Å². The van der Waals surface area contributed by atoms with E-state index >= 15 is 0 Å². The predicted molar refractivity (Wildman–Crippen MR) is 67.3 cm³/mol. The van der Waals surface area contributed by atoms with Crippen LogP contribution >= 0.6 is 11.3 Å². The van der Waals surface area contributed by atoms with E-state index in [4.69, 9.17) is 5.73 Å². The summed E-state index contributed by atoms with van der Waals surface area (Å²) in [7, 11) is 0. The molecule has 0 spiro atoms. The topological polar surface area (TPSA) is 75.4 Å². The van der Waals surface area contributed by atoms with E-state index in [9.17, 15) is 9.59 Å². The number of carbonyl (C=O) groups is 2. The first-order valence-electron chi connectivity index (χ1n) is 5.61. The van der Waals surface area contributed by atoms with Crippen LogP contribution in [0.1, 0.15) is 29.6 Å². The number of piperidine rings is 1. The molecule has 0 atom stereocenters. The first-order valence-corrected chi connectivity index (χ1v) is 6.49. The van der Waals surface area contributed by atoms with Gasteiger partial charge in [-0.3, -0.25) is 10.1 Å². The Balaban J connectivity index is 2.02. The van der Waals surface area contributed by atoms with Gasteiger partial charge in [0.05, 0.1) is 5.56 Å². The van der Waals surface area contributed by atoms with Crippen LogP contribution < -0.4 is 11.1 Å². The van der Waals surface area contributed by atoms with Crippen LogP contribution in [0.25, 0.3) is 0 Å². The van der Waals surface area contributed by atoms with Crippen LogP contribution in [0.5, 0.6) is 0 Å². The summed E-state index contributed by atoms with van der Waals surface area (Å²) >= 11 is 1.31. The quantitative estimate of drug-likeness (QED) is 0.844.